The number of Topliss-reactive ketones (excluding diaryl/α,β-unsaturated/α-hetero) is 2. The topological polar surface area (TPSA) is 362 Å². The van der Waals surface area contributed by atoms with Crippen molar-refractivity contribution in [3.63, 3.8) is 0 Å². The van der Waals surface area contributed by atoms with Gasteiger partial charge in [0.05, 0.1) is 46.9 Å². The van der Waals surface area contributed by atoms with E-state index in [0.29, 0.717) is 32.2 Å². The van der Waals surface area contributed by atoms with Gasteiger partial charge in [-0.05, 0) is 12.8 Å². The number of ketones is 2. The van der Waals surface area contributed by atoms with Gasteiger partial charge in [-0.2, -0.15) is 0 Å². The molecule has 0 aromatic carbocycles. The summed E-state index contributed by atoms with van der Waals surface area (Å²) in [4.78, 5) is 132. The maximum absolute atomic E-state index is 13.1. The predicted octanol–water partition coefficient (Wildman–Crippen LogP) is -0.895. The summed E-state index contributed by atoms with van der Waals surface area (Å²) in [6.45, 7) is 7.55. The number of nitrogens with zero attached hydrogens (tertiary/aromatic N) is 6. The van der Waals surface area contributed by atoms with Gasteiger partial charge in [-0.3, -0.25) is 58.0 Å². The zero-order valence-corrected chi connectivity index (χ0v) is 50.2. The molecule has 3 N–H and O–H groups in total. The number of carboxylic acids is 3. The second-order valence-electron chi connectivity index (χ2n) is 16.0. The first-order chi connectivity index (χ1) is 36.2. The van der Waals surface area contributed by atoms with Gasteiger partial charge >= 0.3 is 117 Å². The van der Waals surface area contributed by atoms with Crippen molar-refractivity contribution >= 4 is 78.7 Å². The van der Waals surface area contributed by atoms with Crippen LogP contribution in [0.5, 0.6) is 0 Å². The Kier molecular flexibility index (Phi) is 59.5. The predicted molar refractivity (Wildman–Crippen MR) is 260 cm³/mol. The molecule has 0 amide bonds. The van der Waals surface area contributed by atoms with Gasteiger partial charge in [0, 0.05) is 52.4 Å². The van der Waals surface area contributed by atoms with E-state index in [1.54, 1.807) is 14.7 Å². The van der Waals surface area contributed by atoms with Crippen LogP contribution in [0.2, 0.25) is 0 Å². The number of methoxy groups -OCH3 is 2. The normalized spacial score (nSPS) is 11.8. The van der Waals surface area contributed by atoms with Crippen LogP contribution in [0.4, 0.5) is 0 Å². The van der Waals surface area contributed by atoms with Crippen molar-refractivity contribution in [2.24, 2.45) is 11.8 Å². The number of hydrogen-bond donors (Lipinski definition) is 3. The smallest absolute Gasteiger partial charge is 3.00 e. The number of rotatable bonds is 49. The van der Waals surface area contributed by atoms with Crippen LogP contribution in [0.3, 0.4) is 0 Å². The minimum absolute atomic E-state index is 0. The van der Waals surface area contributed by atoms with Gasteiger partial charge in [0.15, 0.2) is 11.6 Å². The molecule has 77 heavy (non-hydrogen) atoms. The van der Waals surface area contributed by atoms with Crippen molar-refractivity contribution in [1.29, 1.82) is 0 Å². The average molecular weight is 1460 g/mol. The van der Waals surface area contributed by atoms with Crippen LogP contribution in [0.1, 0.15) is 65.2 Å². The fraction of sp³-hybridized carbons (Fsp3) is 0.727. The molecule has 1 radical (unpaired) electrons. The summed E-state index contributed by atoms with van der Waals surface area (Å²) in [6, 6.07) is 0. The van der Waals surface area contributed by atoms with Crippen LogP contribution in [0.25, 0.3) is 0 Å². The van der Waals surface area contributed by atoms with Crippen molar-refractivity contribution in [3.8, 4) is 0 Å². The van der Waals surface area contributed by atoms with E-state index in [9.17, 15) is 58.5 Å². The molecule has 0 aromatic heterocycles. The first-order valence-electron chi connectivity index (χ1n) is 23.3. The summed E-state index contributed by atoms with van der Waals surface area (Å²) in [5.41, 5.74) is 0. The SMILES string of the molecule is CCCCCC(C(=O)CN(CCN(COC=O)CC(=O)O)CCN(CC(=O)O)CC(=O)O)C(=O)OC.CCCCCC(C(=O)CN(CCN(C[CH-]O[O-])C[CH-]O[O-])CCN(CO[C-]=O)CO[C-]=O)C(=O)OC.[Cl][Gd]([Cl])[Cl].[Gd+3]. The van der Waals surface area contributed by atoms with E-state index < -0.39 is 96.3 Å². The molecular formula is C44H72Cl3Gd2N6O22-3. The molecule has 0 rings (SSSR count). The number of ether oxygens (including phenoxy) is 5. The summed E-state index contributed by atoms with van der Waals surface area (Å²) >= 11 is -1.98. The molecule has 0 spiro atoms. The van der Waals surface area contributed by atoms with Gasteiger partial charge in [-0.25, -0.2) is 18.1 Å². The number of unbranched alkanes of at least 4 members (excludes halogenated alkanes) is 4. The van der Waals surface area contributed by atoms with Crippen LogP contribution in [-0.2, 0) is 81.4 Å². The number of aliphatic carboxylic acids is 3. The van der Waals surface area contributed by atoms with Gasteiger partial charge in [0.2, 0.25) is 0 Å². The van der Waals surface area contributed by atoms with E-state index in [1.165, 1.54) is 41.9 Å². The van der Waals surface area contributed by atoms with E-state index in [0.717, 1.165) is 38.9 Å². The monoisotopic (exact) mass is 1460 g/mol. The van der Waals surface area contributed by atoms with Gasteiger partial charge in [-0.1, -0.05) is 65.3 Å². The summed E-state index contributed by atoms with van der Waals surface area (Å²) in [6.07, 6.45) is 5.51. The van der Waals surface area contributed by atoms with Gasteiger partial charge < -0.3 is 73.8 Å². The summed E-state index contributed by atoms with van der Waals surface area (Å²) in [5.74, 6) is 7.41. The number of hydrogen-bond acceptors (Lipinski definition) is 25. The molecule has 450 valence electrons. The Morgan fingerprint density at radius 1 is 0.558 bits per heavy atom. The second kappa shape index (κ2) is 56.1. The van der Waals surface area contributed by atoms with Crippen molar-refractivity contribution in [2.75, 3.05) is 133 Å². The molecule has 33 heteroatoms. The van der Waals surface area contributed by atoms with Crippen LogP contribution >= 0.6 is 17.9 Å². The molecule has 0 aliphatic heterocycles. The third kappa shape index (κ3) is 49.7. The summed E-state index contributed by atoms with van der Waals surface area (Å²) in [7, 11) is 2.42. The van der Waals surface area contributed by atoms with E-state index >= 15 is 0 Å². The molecule has 2 unspecified atom stereocenters. The quantitative estimate of drug-likeness (QED) is 0.00765. The number of esters is 2. The Hall–Kier alpha value is -1.78. The molecule has 0 aliphatic carbocycles. The van der Waals surface area contributed by atoms with Gasteiger partial charge in [0.1, 0.15) is 32.0 Å². The van der Waals surface area contributed by atoms with Crippen LogP contribution in [-0.4, -0.2) is 238 Å². The fourth-order valence-corrected chi connectivity index (χ4v) is 6.68. The first-order valence-corrected chi connectivity index (χ1v) is 31.9. The molecular weight excluding hydrogens is 1390 g/mol. The number of carboxylic acid groups (broad SMARTS) is 3. The zero-order valence-electron chi connectivity index (χ0n) is 43.4. The molecule has 2 atom stereocenters. The number of carbonyl (C=O) groups is 8. The van der Waals surface area contributed by atoms with Crippen molar-refractivity contribution in [3.05, 3.63) is 13.2 Å². The van der Waals surface area contributed by atoms with Crippen molar-refractivity contribution in [2.45, 2.75) is 65.2 Å². The Labute approximate surface area is 502 Å². The van der Waals surface area contributed by atoms with Gasteiger partial charge in [-0.15, -0.1) is 13.1 Å². The zero-order chi connectivity index (χ0) is 58.1. The van der Waals surface area contributed by atoms with E-state index in [4.69, 9.17) is 42.7 Å². The second-order valence-corrected chi connectivity index (χ2v) is 26.0. The average Bonchev–Trinajstić information content (AvgIpc) is 3.36. The van der Waals surface area contributed by atoms with Crippen molar-refractivity contribution < 1.29 is 176 Å². The largest absolute Gasteiger partial charge is 3.00 e. The third-order valence-electron chi connectivity index (χ3n) is 10.4. The van der Waals surface area contributed by atoms with E-state index in [-0.39, 0.29) is 144 Å². The fourth-order valence-electron chi connectivity index (χ4n) is 6.68. The third-order valence-corrected chi connectivity index (χ3v) is 10.4. The minimum Gasteiger partial charge on any atom is 3.00 e. The van der Waals surface area contributed by atoms with E-state index in [1.807, 2.05) is 13.8 Å². The molecule has 28 nitrogen and oxygen atoms in total. The molecule has 0 heterocycles. The van der Waals surface area contributed by atoms with E-state index in [2.05, 4.69) is 24.0 Å². The van der Waals surface area contributed by atoms with Gasteiger partial charge in [0.25, 0.3) is 6.47 Å². The maximum atomic E-state index is 13.1. The Balaban J connectivity index is -0.000000638. The van der Waals surface area contributed by atoms with Crippen LogP contribution < -0.4 is 10.5 Å². The maximum Gasteiger partial charge on any atom is 3.00 e. The molecule has 0 aromatic rings. The Morgan fingerprint density at radius 3 is 1.22 bits per heavy atom. The molecule has 0 aliphatic rings. The Bertz CT molecular complexity index is 1590. The molecule has 0 fully saturated rings. The van der Waals surface area contributed by atoms with Crippen LogP contribution in [0.15, 0.2) is 0 Å². The number of carbonyl (C=O) groups excluding carboxylic acids is 7. The molecule has 0 bridgehead atoms. The standard InChI is InChI=1S/2C22H37N3O11.3ClH.2Gd/c1-3-4-5-6-17(22(34)35-2)18(27)11-23(7-9-24(12-19(28)29)13-20(30)31)8-10-25(14-21(32)33)15-36-16-26;1-3-4-5-6-20(22(29)32-2)21(28)15-24(8-7-23(11-13-35-30)12-14-36-31)9-10-25(16-33-18-26)17-34-19-27;;;;;/h16-17H,3-15H2,1-2H3,(H,28,29)(H,30,31)(H,32,33);13-14,20,30-31H,3-12,15-17H2,1-2H3;3*1H;;/q;-4;;;;2*+3/p-5. The molecule has 0 saturated heterocycles. The summed E-state index contributed by atoms with van der Waals surface area (Å²) < 4.78 is 23.4. The minimum atomic E-state index is -1.98. The van der Waals surface area contributed by atoms with Crippen LogP contribution in [0, 0.1) is 94.2 Å². The first kappa shape index (κ1) is 81.7. The number of halogens is 3. The van der Waals surface area contributed by atoms with Crippen molar-refractivity contribution in [1.82, 2.24) is 29.4 Å². The summed E-state index contributed by atoms with van der Waals surface area (Å²) in [5, 5.41) is 47.9. The Morgan fingerprint density at radius 2 is 0.896 bits per heavy atom. The molecule has 0 saturated carbocycles.